The fourth-order valence-electron chi connectivity index (χ4n) is 2.44. The standard InChI is InChI=1S/C19H23NO3/c1-2-23-17-11-6-10-16(14-17)19(22)20-18(12-7-13-21)15-8-4-3-5-9-15/h3-6,8-11,14,18,21H,2,7,12-13H2,1H3,(H,20,22). The Hall–Kier alpha value is -2.33. The average molecular weight is 313 g/mol. The Bertz CT molecular complexity index is 613. The molecule has 2 aromatic rings. The van der Waals surface area contributed by atoms with Crippen LogP contribution in [-0.4, -0.2) is 24.2 Å². The zero-order valence-electron chi connectivity index (χ0n) is 13.4. The first-order valence-corrected chi connectivity index (χ1v) is 7.94. The highest BCUT2D eigenvalue weighted by Gasteiger charge is 2.15. The van der Waals surface area contributed by atoms with Crippen molar-refractivity contribution in [2.75, 3.05) is 13.2 Å². The van der Waals surface area contributed by atoms with Crippen molar-refractivity contribution in [1.82, 2.24) is 5.32 Å². The fraction of sp³-hybridized carbons (Fsp3) is 0.316. The Balaban J connectivity index is 2.12. The van der Waals surface area contributed by atoms with Crippen LogP contribution in [0.1, 0.15) is 41.7 Å². The first-order valence-electron chi connectivity index (χ1n) is 7.94. The van der Waals surface area contributed by atoms with E-state index >= 15 is 0 Å². The highest BCUT2D eigenvalue weighted by molar-refractivity contribution is 5.94. The lowest BCUT2D eigenvalue weighted by Gasteiger charge is -2.19. The van der Waals surface area contributed by atoms with Crippen molar-refractivity contribution in [1.29, 1.82) is 0 Å². The molecule has 2 rings (SSSR count). The maximum atomic E-state index is 12.5. The summed E-state index contributed by atoms with van der Waals surface area (Å²) in [6.07, 6.45) is 1.33. The number of aliphatic hydroxyl groups is 1. The molecule has 4 nitrogen and oxygen atoms in total. The van der Waals surface area contributed by atoms with Crippen LogP contribution in [0.15, 0.2) is 54.6 Å². The summed E-state index contributed by atoms with van der Waals surface area (Å²) in [6, 6.07) is 16.8. The van der Waals surface area contributed by atoms with Crippen molar-refractivity contribution >= 4 is 5.91 Å². The molecule has 0 aliphatic heterocycles. The van der Waals surface area contributed by atoms with Crippen LogP contribution in [0.4, 0.5) is 0 Å². The van der Waals surface area contributed by atoms with E-state index in [1.807, 2.05) is 49.4 Å². The number of amides is 1. The molecule has 0 aliphatic rings. The van der Waals surface area contributed by atoms with Crippen molar-refractivity contribution in [3.63, 3.8) is 0 Å². The Labute approximate surface area is 137 Å². The maximum Gasteiger partial charge on any atom is 0.251 e. The molecule has 1 atom stereocenters. The minimum atomic E-state index is -0.140. The molecular formula is C19H23NO3. The molecule has 0 aliphatic carbocycles. The van der Waals surface area contributed by atoms with E-state index < -0.39 is 0 Å². The summed E-state index contributed by atoms with van der Waals surface area (Å²) >= 11 is 0. The van der Waals surface area contributed by atoms with Gasteiger partial charge in [-0.15, -0.1) is 0 Å². The molecule has 0 spiro atoms. The molecule has 1 amide bonds. The number of aliphatic hydroxyl groups excluding tert-OH is 1. The van der Waals surface area contributed by atoms with E-state index in [1.165, 1.54) is 0 Å². The quantitative estimate of drug-likeness (QED) is 0.786. The minimum absolute atomic E-state index is 0.110. The zero-order chi connectivity index (χ0) is 16.5. The molecule has 0 saturated heterocycles. The molecule has 2 aromatic carbocycles. The second-order valence-electron chi connectivity index (χ2n) is 5.26. The number of hydrogen-bond donors (Lipinski definition) is 2. The number of nitrogens with one attached hydrogen (secondary N) is 1. The van der Waals surface area contributed by atoms with Gasteiger partial charge in [0.2, 0.25) is 0 Å². The van der Waals surface area contributed by atoms with Gasteiger partial charge in [0.25, 0.3) is 5.91 Å². The fourth-order valence-corrected chi connectivity index (χ4v) is 2.44. The molecule has 1 unspecified atom stereocenters. The maximum absolute atomic E-state index is 12.5. The van der Waals surface area contributed by atoms with Crippen LogP contribution in [0.25, 0.3) is 0 Å². The van der Waals surface area contributed by atoms with E-state index in [2.05, 4.69) is 5.32 Å². The molecule has 0 radical (unpaired) electrons. The highest BCUT2D eigenvalue weighted by Crippen LogP contribution is 2.20. The summed E-state index contributed by atoms with van der Waals surface area (Å²) in [5.41, 5.74) is 1.61. The summed E-state index contributed by atoms with van der Waals surface area (Å²) < 4.78 is 5.44. The summed E-state index contributed by atoms with van der Waals surface area (Å²) in [7, 11) is 0. The van der Waals surface area contributed by atoms with Gasteiger partial charge in [-0.2, -0.15) is 0 Å². The predicted molar refractivity (Wildman–Crippen MR) is 90.6 cm³/mol. The van der Waals surface area contributed by atoms with Crippen LogP contribution < -0.4 is 10.1 Å². The third-order valence-electron chi connectivity index (χ3n) is 3.57. The van der Waals surface area contributed by atoms with E-state index in [1.54, 1.807) is 12.1 Å². The van der Waals surface area contributed by atoms with E-state index in [-0.39, 0.29) is 18.6 Å². The van der Waals surface area contributed by atoms with Crippen LogP contribution in [-0.2, 0) is 0 Å². The lowest BCUT2D eigenvalue weighted by Crippen LogP contribution is -2.28. The number of rotatable bonds is 8. The van der Waals surface area contributed by atoms with Crippen molar-refractivity contribution in [3.05, 3.63) is 65.7 Å². The van der Waals surface area contributed by atoms with Gasteiger partial charge in [0.1, 0.15) is 5.75 Å². The number of hydrogen-bond acceptors (Lipinski definition) is 3. The molecule has 2 N–H and O–H groups in total. The smallest absolute Gasteiger partial charge is 0.251 e. The van der Waals surface area contributed by atoms with Crippen molar-refractivity contribution < 1.29 is 14.6 Å². The normalized spacial score (nSPS) is 11.7. The first kappa shape index (κ1) is 17.0. The monoisotopic (exact) mass is 313 g/mol. The molecule has 23 heavy (non-hydrogen) atoms. The van der Waals surface area contributed by atoms with Crippen molar-refractivity contribution in [2.24, 2.45) is 0 Å². The van der Waals surface area contributed by atoms with Crippen LogP contribution in [0, 0.1) is 0 Å². The molecule has 0 heterocycles. The van der Waals surface area contributed by atoms with Crippen LogP contribution >= 0.6 is 0 Å². The predicted octanol–water partition coefficient (Wildman–Crippen LogP) is 3.33. The number of ether oxygens (including phenoxy) is 1. The number of carbonyl (C=O) groups is 1. The van der Waals surface area contributed by atoms with Crippen LogP contribution in [0.3, 0.4) is 0 Å². The van der Waals surface area contributed by atoms with Gasteiger partial charge in [-0.25, -0.2) is 0 Å². The van der Waals surface area contributed by atoms with Gasteiger partial charge < -0.3 is 15.2 Å². The Morgan fingerprint density at radius 2 is 1.96 bits per heavy atom. The second kappa shape index (κ2) is 8.96. The summed E-state index contributed by atoms with van der Waals surface area (Å²) in [6.45, 7) is 2.58. The average Bonchev–Trinajstić information content (AvgIpc) is 2.59. The molecule has 0 aromatic heterocycles. The van der Waals surface area contributed by atoms with Gasteiger partial charge in [0, 0.05) is 12.2 Å². The molecule has 0 bridgehead atoms. The number of benzene rings is 2. The Kier molecular flexibility index (Phi) is 6.63. The minimum Gasteiger partial charge on any atom is -0.494 e. The molecule has 4 heteroatoms. The zero-order valence-corrected chi connectivity index (χ0v) is 13.4. The second-order valence-corrected chi connectivity index (χ2v) is 5.26. The highest BCUT2D eigenvalue weighted by atomic mass is 16.5. The topological polar surface area (TPSA) is 58.6 Å². The lowest BCUT2D eigenvalue weighted by molar-refractivity contribution is 0.0932. The van der Waals surface area contributed by atoms with E-state index in [4.69, 9.17) is 9.84 Å². The first-order chi connectivity index (χ1) is 11.2. The number of carbonyl (C=O) groups excluding carboxylic acids is 1. The van der Waals surface area contributed by atoms with Crippen LogP contribution in [0.5, 0.6) is 5.75 Å². The van der Waals surface area contributed by atoms with Gasteiger partial charge in [-0.3, -0.25) is 4.79 Å². The summed E-state index contributed by atoms with van der Waals surface area (Å²) in [5, 5.41) is 12.1. The Morgan fingerprint density at radius 1 is 1.17 bits per heavy atom. The third kappa shape index (κ3) is 5.11. The van der Waals surface area contributed by atoms with Gasteiger partial charge in [0.05, 0.1) is 12.6 Å². The van der Waals surface area contributed by atoms with E-state index in [0.29, 0.717) is 30.8 Å². The van der Waals surface area contributed by atoms with E-state index in [9.17, 15) is 4.79 Å². The van der Waals surface area contributed by atoms with Crippen LogP contribution in [0.2, 0.25) is 0 Å². The Morgan fingerprint density at radius 3 is 2.65 bits per heavy atom. The van der Waals surface area contributed by atoms with Gasteiger partial charge >= 0.3 is 0 Å². The molecule has 0 fully saturated rings. The van der Waals surface area contributed by atoms with E-state index in [0.717, 1.165) is 5.56 Å². The van der Waals surface area contributed by atoms with Gasteiger partial charge in [0.15, 0.2) is 0 Å². The van der Waals surface area contributed by atoms with Gasteiger partial charge in [-0.1, -0.05) is 36.4 Å². The third-order valence-corrected chi connectivity index (χ3v) is 3.57. The molecular weight excluding hydrogens is 290 g/mol. The lowest BCUT2D eigenvalue weighted by atomic mass is 10.0. The summed E-state index contributed by atoms with van der Waals surface area (Å²) in [4.78, 5) is 12.5. The van der Waals surface area contributed by atoms with Crippen molar-refractivity contribution in [2.45, 2.75) is 25.8 Å². The molecule has 0 saturated carbocycles. The SMILES string of the molecule is CCOc1cccc(C(=O)NC(CCCO)c2ccccc2)c1. The molecule has 122 valence electrons. The summed E-state index contributed by atoms with van der Waals surface area (Å²) in [5.74, 6) is 0.546. The largest absolute Gasteiger partial charge is 0.494 e. The van der Waals surface area contributed by atoms with Crippen molar-refractivity contribution in [3.8, 4) is 5.75 Å². The van der Waals surface area contributed by atoms with Gasteiger partial charge in [-0.05, 0) is 43.5 Å².